The van der Waals surface area contributed by atoms with Crippen molar-refractivity contribution >= 4 is 40.0 Å². The van der Waals surface area contributed by atoms with E-state index in [1.807, 2.05) is 6.07 Å². The van der Waals surface area contributed by atoms with Crippen LogP contribution >= 0.6 is 11.6 Å². The molecule has 19 heavy (non-hydrogen) atoms. The normalized spacial score (nSPS) is 12.1. The van der Waals surface area contributed by atoms with Crippen molar-refractivity contribution in [2.75, 3.05) is 11.9 Å². The van der Waals surface area contributed by atoms with E-state index < -0.39 is 5.38 Å². The third-order valence-electron chi connectivity index (χ3n) is 2.51. The summed E-state index contributed by atoms with van der Waals surface area (Å²) in [5.74, 6) is -0.689. The van der Waals surface area contributed by atoms with Gasteiger partial charge >= 0.3 is 0 Å². The number of benzene rings is 1. The van der Waals surface area contributed by atoms with Crippen LogP contribution in [0.25, 0.3) is 10.9 Å². The zero-order valence-electron chi connectivity index (χ0n) is 10.2. The van der Waals surface area contributed by atoms with Gasteiger partial charge in [0.05, 0.1) is 18.3 Å². The zero-order chi connectivity index (χ0) is 13.8. The molecule has 2 aromatic rings. The van der Waals surface area contributed by atoms with Crippen molar-refractivity contribution in [1.82, 2.24) is 15.5 Å². The molecule has 1 aromatic heterocycles. The summed E-state index contributed by atoms with van der Waals surface area (Å²) < 4.78 is 0. The van der Waals surface area contributed by atoms with E-state index in [1.54, 1.807) is 25.3 Å². The van der Waals surface area contributed by atoms with Crippen molar-refractivity contribution in [2.45, 2.75) is 12.3 Å². The molecule has 1 unspecified atom stereocenters. The first-order valence-electron chi connectivity index (χ1n) is 5.71. The molecule has 0 aliphatic rings. The highest BCUT2D eigenvalue weighted by Crippen LogP contribution is 2.16. The van der Waals surface area contributed by atoms with Crippen molar-refractivity contribution in [3.8, 4) is 0 Å². The minimum absolute atomic E-state index is 0.114. The number of rotatable bonds is 4. The van der Waals surface area contributed by atoms with Crippen molar-refractivity contribution < 1.29 is 9.59 Å². The first-order valence-corrected chi connectivity index (χ1v) is 6.14. The van der Waals surface area contributed by atoms with E-state index in [1.165, 1.54) is 0 Å². The Kier molecular flexibility index (Phi) is 4.01. The average Bonchev–Trinajstić information content (AvgIpc) is 2.83. The van der Waals surface area contributed by atoms with Gasteiger partial charge in [0.1, 0.15) is 5.38 Å². The molecule has 6 nitrogen and oxygen atoms in total. The van der Waals surface area contributed by atoms with Crippen LogP contribution in [0.2, 0.25) is 0 Å². The number of carbonyl (C=O) groups is 2. The van der Waals surface area contributed by atoms with Gasteiger partial charge in [-0.1, -0.05) is 0 Å². The van der Waals surface area contributed by atoms with E-state index in [2.05, 4.69) is 20.8 Å². The highest BCUT2D eigenvalue weighted by Gasteiger charge is 2.10. The minimum atomic E-state index is -0.658. The fourth-order valence-electron chi connectivity index (χ4n) is 1.53. The summed E-state index contributed by atoms with van der Waals surface area (Å²) in [7, 11) is 0. The van der Waals surface area contributed by atoms with Crippen LogP contribution in [0.5, 0.6) is 0 Å². The van der Waals surface area contributed by atoms with E-state index in [0.29, 0.717) is 5.69 Å². The smallest absolute Gasteiger partial charge is 0.243 e. The Balaban J connectivity index is 1.93. The summed E-state index contributed by atoms with van der Waals surface area (Å²) in [5, 5.41) is 12.1. The predicted molar refractivity (Wildman–Crippen MR) is 73.0 cm³/mol. The number of H-pyrrole nitrogens is 1. The Hall–Kier alpha value is -2.08. The minimum Gasteiger partial charge on any atom is -0.346 e. The topological polar surface area (TPSA) is 86.9 Å². The summed E-state index contributed by atoms with van der Waals surface area (Å²) in [6, 6.07) is 5.38. The molecule has 2 amide bonds. The molecule has 0 aliphatic heterocycles. The first kappa shape index (κ1) is 13.4. The lowest BCUT2D eigenvalue weighted by molar-refractivity contribution is -0.123. The van der Waals surface area contributed by atoms with E-state index in [9.17, 15) is 9.59 Å². The summed E-state index contributed by atoms with van der Waals surface area (Å²) in [6.07, 6.45) is 1.70. The second-order valence-corrected chi connectivity index (χ2v) is 4.71. The number of nitrogens with one attached hydrogen (secondary N) is 3. The van der Waals surface area contributed by atoms with Gasteiger partial charge in [0.2, 0.25) is 11.8 Å². The van der Waals surface area contributed by atoms with Gasteiger partial charge in [-0.15, -0.1) is 11.6 Å². The highest BCUT2D eigenvalue weighted by atomic mass is 35.5. The standard InChI is InChI=1S/C12H13ClN4O2/c1-7(13)12(19)14-6-11(18)16-9-3-2-8-5-15-17-10(8)4-9/h2-5,7H,6H2,1H3,(H,14,19)(H,15,17)(H,16,18). The van der Waals surface area contributed by atoms with Gasteiger partial charge in [-0.2, -0.15) is 5.10 Å². The Bertz CT molecular complexity index is 609. The van der Waals surface area contributed by atoms with Crippen LogP contribution in [-0.2, 0) is 9.59 Å². The number of carbonyl (C=O) groups excluding carboxylic acids is 2. The van der Waals surface area contributed by atoms with Crippen molar-refractivity contribution in [3.05, 3.63) is 24.4 Å². The first-order chi connectivity index (χ1) is 9.06. The number of aromatic amines is 1. The number of aromatic nitrogens is 2. The molecule has 0 bridgehead atoms. The molecule has 0 saturated heterocycles. The number of halogens is 1. The third-order valence-corrected chi connectivity index (χ3v) is 2.71. The average molecular weight is 281 g/mol. The van der Waals surface area contributed by atoms with Gasteiger partial charge in [-0.25, -0.2) is 0 Å². The lowest BCUT2D eigenvalue weighted by atomic mass is 10.2. The Morgan fingerprint density at radius 2 is 2.26 bits per heavy atom. The van der Waals surface area contributed by atoms with Gasteiger partial charge in [-0.3, -0.25) is 14.7 Å². The number of alkyl halides is 1. The molecule has 2 rings (SSSR count). The number of fused-ring (bicyclic) bond motifs is 1. The quantitative estimate of drug-likeness (QED) is 0.737. The number of hydrogen-bond acceptors (Lipinski definition) is 3. The van der Waals surface area contributed by atoms with Crippen molar-refractivity contribution in [1.29, 1.82) is 0 Å². The van der Waals surface area contributed by atoms with Gasteiger partial charge in [0.15, 0.2) is 0 Å². The van der Waals surface area contributed by atoms with E-state index in [0.717, 1.165) is 10.9 Å². The highest BCUT2D eigenvalue weighted by molar-refractivity contribution is 6.30. The number of amides is 2. The fraction of sp³-hybridized carbons (Fsp3) is 0.250. The van der Waals surface area contributed by atoms with Gasteiger partial charge in [0.25, 0.3) is 0 Å². The summed E-state index contributed by atoms with van der Waals surface area (Å²) in [5.41, 5.74) is 1.46. The van der Waals surface area contributed by atoms with E-state index >= 15 is 0 Å². The molecule has 0 saturated carbocycles. The Morgan fingerprint density at radius 3 is 3.00 bits per heavy atom. The molecule has 3 N–H and O–H groups in total. The van der Waals surface area contributed by atoms with Crippen LogP contribution < -0.4 is 10.6 Å². The van der Waals surface area contributed by atoms with Crippen LogP contribution in [0.15, 0.2) is 24.4 Å². The molecule has 0 fully saturated rings. The number of anilines is 1. The molecular weight excluding hydrogens is 268 g/mol. The predicted octanol–water partition coefficient (Wildman–Crippen LogP) is 1.24. The third kappa shape index (κ3) is 3.45. The van der Waals surface area contributed by atoms with Crippen LogP contribution in [0.3, 0.4) is 0 Å². The molecule has 0 aliphatic carbocycles. The summed E-state index contributed by atoms with van der Waals surface area (Å²) in [4.78, 5) is 22.8. The second kappa shape index (κ2) is 5.71. The fourth-order valence-corrected chi connectivity index (χ4v) is 1.61. The second-order valence-electron chi connectivity index (χ2n) is 4.05. The lowest BCUT2D eigenvalue weighted by Crippen LogP contribution is -2.36. The molecule has 1 heterocycles. The van der Waals surface area contributed by atoms with Gasteiger partial charge < -0.3 is 10.6 Å². The lowest BCUT2D eigenvalue weighted by Gasteiger charge is -2.07. The molecule has 1 atom stereocenters. The number of hydrogen-bond donors (Lipinski definition) is 3. The largest absolute Gasteiger partial charge is 0.346 e. The molecule has 100 valence electrons. The summed E-state index contributed by atoms with van der Waals surface area (Å²) >= 11 is 5.57. The van der Waals surface area contributed by atoms with E-state index in [-0.39, 0.29) is 18.4 Å². The molecule has 0 spiro atoms. The molecule has 0 radical (unpaired) electrons. The van der Waals surface area contributed by atoms with Crippen LogP contribution in [0.1, 0.15) is 6.92 Å². The molecule has 1 aromatic carbocycles. The maximum Gasteiger partial charge on any atom is 0.243 e. The SMILES string of the molecule is CC(Cl)C(=O)NCC(=O)Nc1ccc2cn[nH]c2c1. The molecular formula is C12H13ClN4O2. The van der Waals surface area contributed by atoms with Crippen LogP contribution in [-0.4, -0.2) is 33.9 Å². The monoisotopic (exact) mass is 280 g/mol. The van der Waals surface area contributed by atoms with Crippen LogP contribution in [0.4, 0.5) is 5.69 Å². The van der Waals surface area contributed by atoms with Crippen molar-refractivity contribution in [2.24, 2.45) is 0 Å². The zero-order valence-corrected chi connectivity index (χ0v) is 11.0. The Labute approximate surface area is 114 Å². The maximum atomic E-state index is 11.6. The van der Waals surface area contributed by atoms with Gasteiger partial charge in [-0.05, 0) is 25.1 Å². The molecule has 7 heteroatoms. The van der Waals surface area contributed by atoms with E-state index in [4.69, 9.17) is 11.6 Å². The summed E-state index contributed by atoms with van der Waals surface area (Å²) in [6.45, 7) is 1.43. The van der Waals surface area contributed by atoms with Crippen LogP contribution in [0, 0.1) is 0 Å². The Morgan fingerprint density at radius 1 is 1.47 bits per heavy atom. The van der Waals surface area contributed by atoms with Crippen molar-refractivity contribution in [3.63, 3.8) is 0 Å². The van der Waals surface area contributed by atoms with Gasteiger partial charge in [0, 0.05) is 11.1 Å². The maximum absolute atomic E-state index is 11.6. The number of nitrogens with zero attached hydrogens (tertiary/aromatic N) is 1.